The van der Waals surface area contributed by atoms with Gasteiger partial charge in [-0.15, -0.1) is 0 Å². The average Bonchev–Trinajstić information content (AvgIpc) is 3.45. The summed E-state index contributed by atoms with van der Waals surface area (Å²) in [5.74, 6) is 0.674. The van der Waals surface area contributed by atoms with E-state index in [1.165, 1.54) is 0 Å². The van der Waals surface area contributed by atoms with Gasteiger partial charge in [0.1, 0.15) is 5.76 Å². The predicted octanol–water partition coefficient (Wildman–Crippen LogP) is 0.694. The highest BCUT2D eigenvalue weighted by Crippen LogP contribution is 2.30. The molecule has 0 N–H and O–H groups in total. The van der Waals surface area contributed by atoms with Crippen LogP contribution >= 0.6 is 0 Å². The molecule has 0 amide bonds. The minimum absolute atomic E-state index is 0.190. The number of rotatable bonds is 4. The molecule has 0 bridgehead atoms. The predicted molar refractivity (Wildman–Crippen MR) is 125 cm³/mol. The third kappa shape index (κ3) is 3.26. The van der Waals surface area contributed by atoms with Gasteiger partial charge in [0, 0.05) is 62.9 Å². The molecule has 9 heteroatoms. The molecule has 32 heavy (non-hydrogen) atoms. The summed E-state index contributed by atoms with van der Waals surface area (Å²) >= 11 is 0. The number of aryl methyl sites for hydroxylation is 3. The third-order valence-corrected chi connectivity index (χ3v) is 5.70. The van der Waals surface area contributed by atoms with E-state index in [9.17, 15) is 4.79 Å². The lowest BCUT2D eigenvalue weighted by molar-refractivity contribution is 0.311. The second kappa shape index (κ2) is 7.99. The van der Waals surface area contributed by atoms with Crippen LogP contribution in [0.25, 0.3) is 23.4 Å². The number of methoxy groups -OCH3 is 1. The Labute approximate surface area is 185 Å². The number of hydrogen-bond acceptors (Lipinski definition) is 5. The highest BCUT2D eigenvalue weighted by Gasteiger charge is 2.23. The van der Waals surface area contributed by atoms with Crippen molar-refractivity contribution in [3.05, 3.63) is 68.9 Å². The largest absolute Gasteiger partial charge is 0.496 e. The van der Waals surface area contributed by atoms with E-state index in [1.807, 2.05) is 50.1 Å². The summed E-state index contributed by atoms with van der Waals surface area (Å²) in [4.78, 5) is 17.8. The molecule has 3 heterocycles. The Hall–Kier alpha value is -3.88. The van der Waals surface area contributed by atoms with Crippen LogP contribution in [0.4, 0.5) is 0 Å². The van der Waals surface area contributed by atoms with E-state index in [-0.39, 0.29) is 5.69 Å². The van der Waals surface area contributed by atoms with Crippen LogP contribution in [-0.2, 0) is 25.4 Å². The molecule has 3 aromatic rings. The summed E-state index contributed by atoms with van der Waals surface area (Å²) in [5, 5.41) is 10.1. The lowest BCUT2D eigenvalue weighted by Crippen LogP contribution is -2.35. The van der Waals surface area contributed by atoms with Gasteiger partial charge in [-0.05, 0) is 19.9 Å². The molecule has 166 valence electrons. The van der Waals surface area contributed by atoms with Gasteiger partial charge >= 0.3 is 5.69 Å². The smallest absolute Gasteiger partial charge is 0.333 e. The summed E-state index contributed by atoms with van der Waals surface area (Å²) in [6, 6.07) is 0. The normalized spacial score (nSPS) is 17.0. The minimum Gasteiger partial charge on any atom is -0.496 e. The molecule has 0 saturated carbocycles. The molecule has 0 aliphatic heterocycles. The molecule has 0 atom stereocenters. The Morgan fingerprint density at radius 2 is 1.97 bits per heavy atom. The fourth-order valence-electron chi connectivity index (χ4n) is 3.94. The molecule has 0 saturated heterocycles. The first-order chi connectivity index (χ1) is 15.3. The first-order valence-corrected chi connectivity index (χ1v) is 10.3. The van der Waals surface area contributed by atoms with Gasteiger partial charge < -0.3 is 4.74 Å². The van der Waals surface area contributed by atoms with Gasteiger partial charge in [0.05, 0.1) is 41.1 Å². The van der Waals surface area contributed by atoms with Crippen molar-refractivity contribution >= 4 is 23.4 Å². The Morgan fingerprint density at radius 1 is 1.22 bits per heavy atom. The third-order valence-electron chi connectivity index (χ3n) is 5.70. The van der Waals surface area contributed by atoms with Crippen LogP contribution in [0, 0.1) is 6.92 Å². The maximum absolute atomic E-state index is 13.3. The van der Waals surface area contributed by atoms with Crippen molar-refractivity contribution in [1.29, 1.82) is 0 Å². The van der Waals surface area contributed by atoms with E-state index in [2.05, 4.69) is 21.8 Å². The van der Waals surface area contributed by atoms with Crippen molar-refractivity contribution < 1.29 is 4.74 Å². The zero-order valence-corrected chi connectivity index (χ0v) is 19.2. The summed E-state index contributed by atoms with van der Waals surface area (Å²) in [6.45, 7) is 8.82. The maximum Gasteiger partial charge on any atom is 0.333 e. The zero-order chi connectivity index (χ0) is 23.2. The molecule has 0 unspecified atom stereocenters. The Balaban J connectivity index is 2.14. The van der Waals surface area contributed by atoms with Crippen LogP contribution in [0.5, 0.6) is 0 Å². The standard InChI is InChI=1S/C23H27N7O2/c1-8-29-13-20(14(2)26-29)30-22(15(3)28(6)23(30)31)18-9-17(16-11-25-27(5)12-16)21(32-7)10-19(18)24-4/h9-13H,3,8H2,1-2,4-7H3/b22-18+,24-19?. The first-order valence-electron chi connectivity index (χ1n) is 10.3. The van der Waals surface area contributed by atoms with Crippen LogP contribution in [0.15, 0.2) is 46.3 Å². The monoisotopic (exact) mass is 433 g/mol. The first kappa shape index (κ1) is 21.4. The second-order valence-electron chi connectivity index (χ2n) is 7.62. The van der Waals surface area contributed by atoms with Gasteiger partial charge in [0.25, 0.3) is 0 Å². The number of aromatic nitrogens is 6. The lowest BCUT2D eigenvalue weighted by atomic mass is 9.94. The van der Waals surface area contributed by atoms with Crippen LogP contribution in [0.1, 0.15) is 18.2 Å². The molecule has 3 aromatic heterocycles. The van der Waals surface area contributed by atoms with Crippen molar-refractivity contribution in [1.82, 2.24) is 28.7 Å². The fourth-order valence-corrected chi connectivity index (χ4v) is 3.94. The minimum atomic E-state index is -0.190. The molecule has 0 aromatic carbocycles. The van der Waals surface area contributed by atoms with E-state index in [0.29, 0.717) is 28.7 Å². The van der Waals surface area contributed by atoms with E-state index >= 15 is 0 Å². The summed E-state index contributed by atoms with van der Waals surface area (Å²) in [5.41, 5.74) is 4.52. The van der Waals surface area contributed by atoms with Crippen molar-refractivity contribution in [3.8, 4) is 5.69 Å². The molecule has 4 rings (SSSR count). The number of allylic oxidation sites excluding steroid dienone is 3. The summed E-state index contributed by atoms with van der Waals surface area (Å²) in [6.07, 6.45) is 9.44. The van der Waals surface area contributed by atoms with E-state index in [4.69, 9.17) is 4.74 Å². The Kier molecular flexibility index (Phi) is 5.33. The van der Waals surface area contributed by atoms with Gasteiger partial charge in [-0.3, -0.25) is 23.5 Å². The lowest BCUT2D eigenvalue weighted by Gasteiger charge is -2.17. The van der Waals surface area contributed by atoms with Crippen LogP contribution in [0.3, 0.4) is 0 Å². The number of aliphatic imine (C=N–C) groups is 1. The van der Waals surface area contributed by atoms with Gasteiger partial charge in [-0.1, -0.05) is 6.58 Å². The Morgan fingerprint density at radius 3 is 2.53 bits per heavy atom. The van der Waals surface area contributed by atoms with Crippen LogP contribution < -0.4 is 16.4 Å². The van der Waals surface area contributed by atoms with Crippen LogP contribution in [-0.4, -0.2) is 48.6 Å². The van der Waals surface area contributed by atoms with E-state index in [1.54, 1.807) is 41.2 Å². The topological polar surface area (TPSA) is 84.2 Å². The number of imidazole rings is 1. The van der Waals surface area contributed by atoms with Crippen molar-refractivity contribution in [2.75, 3.05) is 14.2 Å². The molecule has 0 spiro atoms. The van der Waals surface area contributed by atoms with Crippen LogP contribution in [0.2, 0.25) is 0 Å². The van der Waals surface area contributed by atoms with Crippen molar-refractivity contribution in [2.24, 2.45) is 19.1 Å². The molecule has 0 radical (unpaired) electrons. The maximum atomic E-state index is 13.3. The van der Waals surface area contributed by atoms with Crippen molar-refractivity contribution in [2.45, 2.75) is 20.4 Å². The molecule has 9 nitrogen and oxygen atoms in total. The molecular weight excluding hydrogens is 406 g/mol. The quantitative estimate of drug-likeness (QED) is 0.606. The molecule has 1 aliphatic rings. The van der Waals surface area contributed by atoms with E-state index in [0.717, 1.165) is 28.1 Å². The van der Waals surface area contributed by atoms with Gasteiger partial charge in [0.2, 0.25) is 0 Å². The molecule has 1 aliphatic carbocycles. The SMILES string of the molecule is C=c1/c(=C2/C=C(c3cnn(C)c3)C(OC)=CC2=NC)n(-c2cn(CC)nc2C)c(=O)n1C. The van der Waals surface area contributed by atoms with Gasteiger partial charge in [-0.2, -0.15) is 10.2 Å². The zero-order valence-electron chi connectivity index (χ0n) is 19.2. The molecule has 0 fully saturated rings. The highest BCUT2D eigenvalue weighted by atomic mass is 16.5. The fraction of sp³-hybridized carbons (Fsp3) is 0.304. The van der Waals surface area contributed by atoms with E-state index < -0.39 is 0 Å². The highest BCUT2D eigenvalue weighted by molar-refractivity contribution is 6.31. The van der Waals surface area contributed by atoms with Crippen molar-refractivity contribution in [3.63, 3.8) is 0 Å². The number of ether oxygens (including phenoxy) is 1. The summed E-state index contributed by atoms with van der Waals surface area (Å²) in [7, 11) is 6.93. The average molecular weight is 434 g/mol. The Bertz CT molecular complexity index is 1470. The summed E-state index contributed by atoms with van der Waals surface area (Å²) < 4.78 is 12.4. The number of hydrogen-bond donors (Lipinski definition) is 0. The second-order valence-corrected chi connectivity index (χ2v) is 7.62. The molecular formula is C23H27N7O2. The number of nitrogens with zero attached hydrogens (tertiary/aromatic N) is 7. The van der Waals surface area contributed by atoms with Gasteiger partial charge in [0.15, 0.2) is 0 Å². The van der Waals surface area contributed by atoms with Gasteiger partial charge in [-0.25, -0.2) is 4.79 Å².